The minimum absolute atomic E-state index is 0.634. The summed E-state index contributed by atoms with van der Waals surface area (Å²) < 4.78 is 36.4. The lowest BCUT2D eigenvalue weighted by Crippen LogP contribution is -2.12. The normalized spacial score (nSPS) is 11.7. The topological polar surface area (TPSA) is 24.9 Å². The summed E-state index contributed by atoms with van der Waals surface area (Å²) in [5.41, 5.74) is -0.0435. The SMILES string of the molecule is CNCCc1ccc(C(F)(F)F)cn1. The molecule has 5 heteroatoms. The van der Waals surface area contributed by atoms with Crippen LogP contribution >= 0.6 is 0 Å². The predicted octanol–water partition coefficient (Wildman–Crippen LogP) is 1.86. The van der Waals surface area contributed by atoms with Gasteiger partial charge in [-0.3, -0.25) is 4.98 Å². The van der Waals surface area contributed by atoms with Gasteiger partial charge in [0.1, 0.15) is 0 Å². The zero-order valence-electron chi connectivity index (χ0n) is 7.73. The van der Waals surface area contributed by atoms with Crippen LogP contribution < -0.4 is 5.32 Å². The molecule has 0 amide bonds. The van der Waals surface area contributed by atoms with E-state index in [1.807, 2.05) is 0 Å². The lowest BCUT2D eigenvalue weighted by molar-refractivity contribution is -0.137. The number of halogens is 3. The van der Waals surface area contributed by atoms with Crippen LogP contribution in [0, 0.1) is 0 Å². The molecule has 0 atom stereocenters. The van der Waals surface area contributed by atoms with Crippen LogP contribution in [0.2, 0.25) is 0 Å². The van der Waals surface area contributed by atoms with Crippen molar-refractivity contribution < 1.29 is 13.2 Å². The molecule has 0 unspecified atom stereocenters. The van der Waals surface area contributed by atoms with Gasteiger partial charge < -0.3 is 5.32 Å². The molecule has 0 bridgehead atoms. The van der Waals surface area contributed by atoms with Gasteiger partial charge in [0.05, 0.1) is 5.56 Å². The van der Waals surface area contributed by atoms with E-state index in [2.05, 4.69) is 10.3 Å². The standard InChI is InChI=1S/C9H11F3N2/c1-13-5-4-8-3-2-7(6-14-8)9(10,11)12/h2-3,6,13H,4-5H2,1H3. The summed E-state index contributed by atoms with van der Waals surface area (Å²) in [5.74, 6) is 0. The monoisotopic (exact) mass is 204 g/mol. The van der Waals surface area contributed by atoms with Crippen LogP contribution in [-0.4, -0.2) is 18.6 Å². The maximum Gasteiger partial charge on any atom is 0.417 e. The Labute approximate surface area is 80.2 Å². The fourth-order valence-corrected chi connectivity index (χ4v) is 0.993. The molecule has 0 fully saturated rings. The molecular formula is C9H11F3N2. The second-order valence-electron chi connectivity index (χ2n) is 2.89. The van der Waals surface area contributed by atoms with Crippen molar-refractivity contribution in [3.05, 3.63) is 29.6 Å². The van der Waals surface area contributed by atoms with E-state index in [9.17, 15) is 13.2 Å². The van der Waals surface area contributed by atoms with Crippen molar-refractivity contribution >= 4 is 0 Å². The molecule has 14 heavy (non-hydrogen) atoms. The van der Waals surface area contributed by atoms with Gasteiger partial charge in [0.2, 0.25) is 0 Å². The van der Waals surface area contributed by atoms with Crippen LogP contribution in [0.4, 0.5) is 13.2 Å². The molecule has 0 aliphatic rings. The number of aromatic nitrogens is 1. The molecule has 1 N–H and O–H groups in total. The van der Waals surface area contributed by atoms with E-state index in [0.717, 1.165) is 12.3 Å². The molecule has 0 aromatic carbocycles. The van der Waals surface area contributed by atoms with Crippen LogP contribution in [0.5, 0.6) is 0 Å². The molecule has 0 saturated heterocycles. The summed E-state index contributed by atoms with van der Waals surface area (Å²) in [4.78, 5) is 3.72. The predicted molar refractivity (Wildman–Crippen MR) is 46.9 cm³/mol. The largest absolute Gasteiger partial charge is 0.417 e. The molecular weight excluding hydrogens is 193 g/mol. The highest BCUT2D eigenvalue weighted by Crippen LogP contribution is 2.28. The first kappa shape index (κ1) is 11.0. The Kier molecular flexibility index (Phi) is 3.46. The summed E-state index contributed by atoms with van der Waals surface area (Å²) >= 11 is 0. The smallest absolute Gasteiger partial charge is 0.319 e. The minimum Gasteiger partial charge on any atom is -0.319 e. The van der Waals surface area contributed by atoms with Crippen molar-refractivity contribution in [3.63, 3.8) is 0 Å². The summed E-state index contributed by atoms with van der Waals surface area (Å²) in [6.07, 6.45) is -2.80. The van der Waals surface area contributed by atoms with Crippen molar-refractivity contribution in [2.75, 3.05) is 13.6 Å². The van der Waals surface area contributed by atoms with E-state index < -0.39 is 11.7 Å². The van der Waals surface area contributed by atoms with Gasteiger partial charge in [0.25, 0.3) is 0 Å². The summed E-state index contributed by atoms with van der Waals surface area (Å²) in [6, 6.07) is 2.46. The quantitative estimate of drug-likeness (QED) is 0.812. The van der Waals surface area contributed by atoms with E-state index in [-0.39, 0.29) is 0 Å². The maximum atomic E-state index is 12.1. The van der Waals surface area contributed by atoms with Gasteiger partial charge in [-0.25, -0.2) is 0 Å². The zero-order valence-corrected chi connectivity index (χ0v) is 7.73. The Morgan fingerprint density at radius 3 is 2.50 bits per heavy atom. The fourth-order valence-electron chi connectivity index (χ4n) is 0.993. The number of likely N-dealkylation sites (N-methyl/N-ethyl adjacent to an activating group) is 1. The van der Waals surface area contributed by atoms with Gasteiger partial charge in [-0.15, -0.1) is 0 Å². The fraction of sp³-hybridized carbons (Fsp3) is 0.444. The van der Waals surface area contributed by atoms with Crippen molar-refractivity contribution in [1.29, 1.82) is 0 Å². The van der Waals surface area contributed by atoms with Crippen molar-refractivity contribution in [3.8, 4) is 0 Å². The molecule has 0 radical (unpaired) electrons. The third-order valence-corrected chi connectivity index (χ3v) is 1.78. The maximum absolute atomic E-state index is 12.1. The Balaban J connectivity index is 2.69. The highest BCUT2D eigenvalue weighted by atomic mass is 19.4. The van der Waals surface area contributed by atoms with E-state index in [1.54, 1.807) is 7.05 Å². The van der Waals surface area contributed by atoms with Crippen LogP contribution in [-0.2, 0) is 12.6 Å². The molecule has 1 aromatic heterocycles. The van der Waals surface area contributed by atoms with Crippen molar-refractivity contribution in [2.24, 2.45) is 0 Å². The Bertz CT molecular complexity index is 279. The second kappa shape index (κ2) is 4.41. The molecule has 0 spiro atoms. The van der Waals surface area contributed by atoms with Crippen LogP contribution in [0.3, 0.4) is 0 Å². The second-order valence-corrected chi connectivity index (χ2v) is 2.89. The average molecular weight is 204 g/mol. The highest BCUT2D eigenvalue weighted by molar-refractivity contribution is 5.17. The van der Waals surface area contributed by atoms with Crippen LogP contribution in [0.1, 0.15) is 11.3 Å². The Hall–Kier alpha value is -1.10. The molecule has 2 nitrogen and oxygen atoms in total. The third kappa shape index (κ3) is 2.99. The number of nitrogens with zero attached hydrogens (tertiary/aromatic N) is 1. The first-order chi connectivity index (χ1) is 6.54. The van der Waals surface area contributed by atoms with Crippen LogP contribution in [0.25, 0.3) is 0 Å². The molecule has 0 aliphatic heterocycles. The van der Waals surface area contributed by atoms with Crippen molar-refractivity contribution in [1.82, 2.24) is 10.3 Å². The van der Waals surface area contributed by atoms with E-state index in [0.29, 0.717) is 18.7 Å². The molecule has 0 saturated carbocycles. The summed E-state index contributed by atoms with van der Waals surface area (Å²) in [5, 5.41) is 2.90. The van der Waals surface area contributed by atoms with Gasteiger partial charge in [-0.05, 0) is 19.2 Å². The molecule has 1 rings (SSSR count). The lowest BCUT2D eigenvalue weighted by Gasteiger charge is -2.06. The zero-order chi connectivity index (χ0) is 10.6. The first-order valence-electron chi connectivity index (χ1n) is 4.21. The number of pyridine rings is 1. The highest BCUT2D eigenvalue weighted by Gasteiger charge is 2.30. The van der Waals surface area contributed by atoms with Gasteiger partial charge in [-0.2, -0.15) is 13.2 Å². The van der Waals surface area contributed by atoms with E-state index >= 15 is 0 Å². The number of rotatable bonds is 3. The van der Waals surface area contributed by atoms with Gasteiger partial charge >= 0.3 is 6.18 Å². The molecule has 78 valence electrons. The van der Waals surface area contributed by atoms with E-state index in [4.69, 9.17) is 0 Å². The third-order valence-electron chi connectivity index (χ3n) is 1.78. The van der Waals surface area contributed by atoms with Crippen LogP contribution in [0.15, 0.2) is 18.3 Å². The Morgan fingerprint density at radius 2 is 2.07 bits per heavy atom. The first-order valence-corrected chi connectivity index (χ1v) is 4.21. The van der Waals surface area contributed by atoms with Crippen molar-refractivity contribution in [2.45, 2.75) is 12.6 Å². The van der Waals surface area contributed by atoms with Gasteiger partial charge in [0, 0.05) is 24.9 Å². The number of hydrogen-bond donors (Lipinski definition) is 1. The Morgan fingerprint density at radius 1 is 1.36 bits per heavy atom. The molecule has 1 heterocycles. The van der Waals surface area contributed by atoms with Gasteiger partial charge in [-0.1, -0.05) is 0 Å². The number of hydrogen-bond acceptors (Lipinski definition) is 2. The number of nitrogens with one attached hydrogen (secondary N) is 1. The van der Waals surface area contributed by atoms with Gasteiger partial charge in [0.15, 0.2) is 0 Å². The average Bonchev–Trinajstić information content (AvgIpc) is 2.14. The number of alkyl halides is 3. The molecule has 0 aliphatic carbocycles. The lowest BCUT2D eigenvalue weighted by atomic mass is 10.2. The molecule has 1 aromatic rings. The summed E-state index contributed by atoms with van der Waals surface area (Å²) in [6.45, 7) is 0.707. The summed E-state index contributed by atoms with van der Waals surface area (Å²) in [7, 11) is 1.78. The minimum atomic E-state index is -4.30. The van der Waals surface area contributed by atoms with E-state index in [1.165, 1.54) is 6.07 Å².